The summed E-state index contributed by atoms with van der Waals surface area (Å²) in [5.74, 6) is -0.966. The van der Waals surface area contributed by atoms with Gasteiger partial charge in [-0.1, -0.05) is 6.07 Å². The fraction of sp³-hybridized carbons (Fsp3) is 0.333. The second kappa shape index (κ2) is 4.21. The van der Waals surface area contributed by atoms with Crippen LogP contribution in [-0.2, 0) is 4.79 Å². The summed E-state index contributed by atoms with van der Waals surface area (Å²) in [5.41, 5.74) is -0.615. The Balaban J connectivity index is 2.08. The number of carboxylic acid groups (broad SMARTS) is 1. The molecule has 6 nitrogen and oxygen atoms in total. The lowest BCUT2D eigenvalue weighted by atomic mass is 10.2. The number of carbonyl (C=O) groups excluding carboxylic acids is 1. The number of hydrogen-bond acceptors (Lipinski definition) is 3. The summed E-state index contributed by atoms with van der Waals surface area (Å²) in [6.45, 7) is 0. The van der Waals surface area contributed by atoms with Crippen LogP contribution in [-0.4, -0.2) is 34.8 Å². The molecular formula is C12H14N2O4. The summed E-state index contributed by atoms with van der Waals surface area (Å²) in [6, 6.07) is 5.69. The second-order valence-corrected chi connectivity index (χ2v) is 4.40. The van der Waals surface area contributed by atoms with Crippen LogP contribution in [0.15, 0.2) is 24.3 Å². The molecule has 0 aromatic heterocycles. The van der Waals surface area contributed by atoms with Crippen molar-refractivity contribution in [1.82, 2.24) is 5.32 Å². The van der Waals surface area contributed by atoms with E-state index in [4.69, 9.17) is 5.11 Å². The number of phenols is 1. The van der Waals surface area contributed by atoms with E-state index in [1.165, 1.54) is 24.1 Å². The molecule has 2 amide bonds. The fourth-order valence-corrected chi connectivity index (χ4v) is 1.62. The largest absolute Gasteiger partial charge is 0.508 e. The molecule has 0 unspecified atom stereocenters. The second-order valence-electron chi connectivity index (χ2n) is 4.40. The summed E-state index contributed by atoms with van der Waals surface area (Å²) in [5, 5.41) is 20.8. The zero-order chi connectivity index (χ0) is 13.3. The predicted octanol–water partition coefficient (Wildman–Crippen LogP) is 1.16. The molecule has 0 bridgehead atoms. The van der Waals surface area contributed by atoms with Crippen molar-refractivity contribution in [2.75, 3.05) is 11.9 Å². The Hall–Kier alpha value is -2.24. The molecule has 1 saturated carbocycles. The van der Waals surface area contributed by atoms with E-state index in [0.29, 0.717) is 18.5 Å². The normalized spacial score (nSPS) is 15.8. The van der Waals surface area contributed by atoms with Gasteiger partial charge in [0.05, 0.1) is 0 Å². The molecule has 1 fully saturated rings. The van der Waals surface area contributed by atoms with E-state index < -0.39 is 17.5 Å². The summed E-state index contributed by atoms with van der Waals surface area (Å²) in [6.07, 6.45) is 0.893. The van der Waals surface area contributed by atoms with Crippen LogP contribution in [0.3, 0.4) is 0 Å². The van der Waals surface area contributed by atoms with Gasteiger partial charge in [-0.3, -0.25) is 4.90 Å². The summed E-state index contributed by atoms with van der Waals surface area (Å²) in [4.78, 5) is 24.1. The van der Waals surface area contributed by atoms with E-state index in [1.807, 2.05) is 0 Å². The van der Waals surface area contributed by atoms with Gasteiger partial charge in [-0.2, -0.15) is 0 Å². The number of anilines is 1. The maximum atomic E-state index is 11.9. The third kappa shape index (κ3) is 2.22. The smallest absolute Gasteiger partial charge is 0.329 e. The molecule has 6 heteroatoms. The first-order chi connectivity index (χ1) is 8.44. The van der Waals surface area contributed by atoms with Crippen molar-refractivity contribution in [3.8, 4) is 5.75 Å². The van der Waals surface area contributed by atoms with Crippen molar-refractivity contribution in [2.24, 2.45) is 0 Å². The van der Waals surface area contributed by atoms with Crippen LogP contribution in [0.1, 0.15) is 12.8 Å². The highest BCUT2D eigenvalue weighted by molar-refractivity contribution is 5.96. The SMILES string of the molecule is CN(C(=O)NC1(C(=O)O)CC1)c1cccc(O)c1. The van der Waals surface area contributed by atoms with E-state index in [-0.39, 0.29) is 5.75 Å². The van der Waals surface area contributed by atoms with Crippen LogP contribution in [0.5, 0.6) is 5.75 Å². The minimum absolute atomic E-state index is 0.0477. The van der Waals surface area contributed by atoms with E-state index >= 15 is 0 Å². The molecular weight excluding hydrogens is 236 g/mol. The maximum Gasteiger partial charge on any atom is 0.329 e. The first-order valence-electron chi connectivity index (χ1n) is 5.53. The quantitative estimate of drug-likeness (QED) is 0.750. The Bertz CT molecular complexity index is 497. The van der Waals surface area contributed by atoms with E-state index in [1.54, 1.807) is 12.1 Å². The average Bonchev–Trinajstić information content (AvgIpc) is 3.09. The third-order valence-corrected chi connectivity index (χ3v) is 3.03. The number of carbonyl (C=O) groups is 2. The summed E-state index contributed by atoms with van der Waals surface area (Å²) in [7, 11) is 1.52. The molecule has 1 aromatic carbocycles. The monoisotopic (exact) mass is 250 g/mol. The number of carboxylic acids is 1. The first-order valence-corrected chi connectivity index (χ1v) is 5.53. The Morgan fingerprint density at radius 1 is 1.39 bits per heavy atom. The molecule has 0 heterocycles. The molecule has 18 heavy (non-hydrogen) atoms. The van der Waals surface area contributed by atoms with Crippen LogP contribution in [0.25, 0.3) is 0 Å². The summed E-state index contributed by atoms with van der Waals surface area (Å²) >= 11 is 0. The number of hydrogen-bond donors (Lipinski definition) is 3. The molecule has 1 aromatic rings. The van der Waals surface area contributed by atoms with Gasteiger partial charge in [-0.25, -0.2) is 9.59 Å². The highest BCUT2D eigenvalue weighted by atomic mass is 16.4. The number of urea groups is 1. The summed E-state index contributed by atoms with van der Waals surface area (Å²) < 4.78 is 0. The molecule has 0 aliphatic heterocycles. The van der Waals surface area contributed by atoms with Gasteiger partial charge in [0, 0.05) is 18.8 Å². The van der Waals surface area contributed by atoms with Gasteiger partial charge in [0.25, 0.3) is 0 Å². The standard InChI is InChI=1S/C12H14N2O4/c1-14(8-3-2-4-9(15)7-8)11(18)13-12(5-6-12)10(16)17/h2-4,7,15H,5-6H2,1H3,(H,13,18)(H,16,17). The molecule has 1 aliphatic rings. The third-order valence-electron chi connectivity index (χ3n) is 3.03. The highest BCUT2D eigenvalue weighted by Crippen LogP contribution is 2.35. The molecule has 0 saturated heterocycles. The highest BCUT2D eigenvalue weighted by Gasteiger charge is 2.52. The number of aliphatic carboxylic acids is 1. The van der Waals surface area contributed by atoms with Gasteiger partial charge in [0.2, 0.25) is 0 Å². The predicted molar refractivity (Wildman–Crippen MR) is 64.6 cm³/mol. The van der Waals surface area contributed by atoms with E-state index in [0.717, 1.165) is 0 Å². The van der Waals surface area contributed by atoms with Gasteiger partial charge in [0.1, 0.15) is 11.3 Å². The van der Waals surface area contributed by atoms with Crippen molar-refractivity contribution in [1.29, 1.82) is 0 Å². The number of phenolic OH excluding ortho intramolecular Hbond substituents is 1. The van der Waals surface area contributed by atoms with Gasteiger partial charge in [0.15, 0.2) is 0 Å². The zero-order valence-corrected chi connectivity index (χ0v) is 9.88. The van der Waals surface area contributed by atoms with Gasteiger partial charge < -0.3 is 15.5 Å². The number of nitrogens with one attached hydrogen (secondary N) is 1. The molecule has 3 N–H and O–H groups in total. The Kier molecular flexibility index (Phi) is 2.86. The minimum Gasteiger partial charge on any atom is -0.508 e. The van der Waals surface area contributed by atoms with Crippen LogP contribution >= 0.6 is 0 Å². The van der Waals surface area contributed by atoms with E-state index in [2.05, 4.69) is 5.32 Å². The first kappa shape index (κ1) is 12.2. The maximum absolute atomic E-state index is 11.9. The molecule has 0 radical (unpaired) electrons. The van der Waals surface area contributed by atoms with E-state index in [9.17, 15) is 14.7 Å². The number of nitrogens with zero attached hydrogens (tertiary/aromatic N) is 1. The van der Waals surface area contributed by atoms with Crippen molar-refractivity contribution in [3.63, 3.8) is 0 Å². The van der Waals surface area contributed by atoms with Crippen LogP contribution < -0.4 is 10.2 Å². The lowest BCUT2D eigenvalue weighted by Gasteiger charge is -2.21. The number of aromatic hydroxyl groups is 1. The topological polar surface area (TPSA) is 89.9 Å². The number of benzene rings is 1. The Labute approximate surface area is 104 Å². The Morgan fingerprint density at radius 3 is 2.56 bits per heavy atom. The van der Waals surface area contributed by atoms with Gasteiger partial charge >= 0.3 is 12.0 Å². The van der Waals surface area contributed by atoms with Crippen molar-refractivity contribution in [3.05, 3.63) is 24.3 Å². The minimum atomic E-state index is -1.11. The van der Waals surface area contributed by atoms with Crippen LogP contribution in [0.2, 0.25) is 0 Å². The van der Waals surface area contributed by atoms with Crippen molar-refractivity contribution < 1.29 is 19.8 Å². The average molecular weight is 250 g/mol. The van der Waals surface area contributed by atoms with Crippen LogP contribution in [0, 0.1) is 0 Å². The molecule has 0 atom stereocenters. The Morgan fingerprint density at radius 2 is 2.06 bits per heavy atom. The van der Waals surface area contributed by atoms with Crippen LogP contribution in [0.4, 0.5) is 10.5 Å². The molecule has 96 valence electrons. The number of rotatable bonds is 3. The lowest BCUT2D eigenvalue weighted by Crippen LogP contribution is -2.48. The van der Waals surface area contributed by atoms with Gasteiger partial charge in [-0.05, 0) is 25.0 Å². The van der Waals surface area contributed by atoms with Crippen molar-refractivity contribution >= 4 is 17.7 Å². The molecule has 2 rings (SSSR count). The molecule has 0 spiro atoms. The lowest BCUT2D eigenvalue weighted by molar-refractivity contribution is -0.140. The number of amides is 2. The zero-order valence-electron chi connectivity index (χ0n) is 9.88. The fourth-order valence-electron chi connectivity index (χ4n) is 1.62. The van der Waals surface area contributed by atoms with Crippen molar-refractivity contribution in [2.45, 2.75) is 18.4 Å². The molecule has 1 aliphatic carbocycles. The van der Waals surface area contributed by atoms with Gasteiger partial charge in [-0.15, -0.1) is 0 Å².